The van der Waals surface area contributed by atoms with Gasteiger partial charge < -0.3 is 15.4 Å². The lowest BCUT2D eigenvalue weighted by molar-refractivity contribution is 0.157. The number of ether oxygens (including phenoxy) is 1. The second kappa shape index (κ2) is 8.00. The molecule has 0 amide bonds. The molecule has 0 aromatic carbocycles. The molecule has 2 N–H and O–H groups in total. The summed E-state index contributed by atoms with van der Waals surface area (Å²) >= 11 is 0. The van der Waals surface area contributed by atoms with Gasteiger partial charge in [0.15, 0.2) is 0 Å². The van der Waals surface area contributed by atoms with Crippen molar-refractivity contribution in [1.29, 1.82) is 0 Å². The van der Waals surface area contributed by atoms with Crippen LogP contribution in [0, 0.1) is 5.41 Å². The first-order valence-electron chi connectivity index (χ1n) is 7.00. The Labute approximate surface area is 117 Å². The average molecular weight is 265 g/mol. The van der Waals surface area contributed by atoms with E-state index in [0.29, 0.717) is 0 Å². The topological polar surface area (TPSA) is 46.2 Å². The van der Waals surface area contributed by atoms with Crippen molar-refractivity contribution in [2.24, 2.45) is 5.41 Å². The van der Waals surface area contributed by atoms with Gasteiger partial charge in [-0.3, -0.25) is 0 Å². The molecule has 0 saturated heterocycles. The number of aromatic nitrogens is 1. The summed E-state index contributed by atoms with van der Waals surface area (Å²) in [6, 6.07) is 4.06. The van der Waals surface area contributed by atoms with Gasteiger partial charge in [0, 0.05) is 44.8 Å². The van der Waals surface area contributed by atoms with Crippen molar-refractivity contribution in [3.63, 3.8) is 0 Å². The molecule has 0 bridgehead atoms. The summed E-state index contributed by atoms with van der Waals surface area (Å²) in [5.41, 5.74) is 1.33. The van der Waals surface area contributed by atoms with Crippen LogP contribution >= 0.6 is 0 Å². The van der Waals surface area contributed by atoms with Crippen LogP contribution in [0.3, 0.4) is 0 Å². The number of rotatable bonds is 9. The Balaban J connectivity index is 2.48. The molecule has 0 aliphatic heterocycles. The van der Waals surface area contributed by atoms with E-state index in [9.17, 15) is 0 Å². The van der Waals surface area contributed by atoms with Gasteiger partial charge in [0.25, 0.3) is 0 Å². The van der Waals surface area contributed by atoms with Gasteiger partial charge in [0.2, 0.25) is 0 Å². The quantitative estimate of drug-likeness (QED) is 0.718. The van der Waals surface area contributed by atoms with Crippen molar-refractivity contribution in [2.45, 2.75) is 33.6 Å². The van der Waals surface area contributed by atoms with Gasteiger partial charge in [0.1, 0.15) is 5.82 Å². The molecule has 0 spiro atoms. The van der Waals surface area contributed by atoms with Crippen molar-refractivity contribution in [3.05, 3.63) is 18.3 Å². The summed E-state index contributed by atoms with van der Waals surface area (Å²) in [5.74, 6) is 0.932. The maximum atomic E-state index is 5.15. The highest BCUT2D eigenvalue weighted by Crippen LogP contribution is 2.21. The van der Waals surface area contributed by atoms with Crippen molar-refractivity contribution >= 4 is 11.5 Å². The summed E-state index contributed by atoms with van der Waals surface area (Å²) in [7, 11) is 1.75. The maximum absolute atomic E-state index is 5.15. The molecule has 4 heteroatoms. The van der Waals surface area contributed by atoms with Crippen LogP contribution in [0.5, 0.6) is 0 Å². The number of hydrogen-bond acceptors (Lipinski definition) is 4. The summed E-state index contributed by atoms with van der Waals surface area (Å²) in [6.07, 6.45) is 3.98. The SMILES string of the molecule is CCCNc1cc(NCC(C)(C)CCOC)ccn1. The first-order chi connectivity index (χ1) is 9.07. The molecule has 0 aliphatic carbocycles. The number of methoxy groups -OCH3 is 1. The third kappa shape index (κ3) is 6.43. The van der Waals surface area contributed by atoms with E-state index in [0.717, 1.165) is 44.0 Å². The smallest absolute Gasteiger partial charge is 0.127 e. The summed E-state index contributed by atoms with van der Waals surface area (Å²) in [5, 5.41) is 6.77. The standard InChI is InChI=1S/C15H27N3O/c1-5-8-16-14-11-13(6-9-17-14)18-12-15(2,3)7-10-19-4/h6,9,11H,5,7-8,10,12H2,1-4H3,(H2,16,17,18). The third-order valence-corrected chi connectivity index (χ3v) is 3.07. The van der Waals surface area contributed by atoms with Gasteiger partial charge >= 0.3 is 0 Å². The Morgan fingerprint density at radius 3 is 2.79 bits per heavy atom. The number of nitrogens with one attached hydrogen (secondary N) is 2. The predicted molar refractivity (Wildman–Crippen MR) is 81.8 cm³/mol. The van der Waals surface area contributed by atoms with Crippen LogP contribution in [0.15, 0.2) is 18.3 Å². The zero-order valence-electron chi connectivity index (χ0n) is 12.6. The minimum atomic E-state index is 0.219. The highest BCUT2D eigenvalue weighted by molar-refractivity contribution is 5.51. The van der Waals surface area contributed by atoms with Crippen LogP contribution < -0.4 is 10.6 Å². The Bertz CT molecular complexity index is 366. The molecule has 19 heavy (non-hydrogen) atoms. The van der Waals surface area contributed by atoms with Crippen LogP contribution in [0.2, 0.25) is 0 Å². The van der Waals surface area contributed by atoms with Crippen molar-refractivity contribution in [3.8, 4) is 0 Å². The first-order valence-corrected chi connectivity index (χ1v) is 7.00. The molecule has 0 saturated carbocycles. The predicted octanol–water partition coefficient (Wildman–Crippen LogP) is 3.38. The lowest BCUT2D eigenvalue weighted by Crippen LogP contribution is -2.24. The van der Waals surface area contributed by atoms with Crippen LogP contribution in [-0.2, 0) is 4.74 Å². The third-order valence-electron chi connectivity index (χ3n) is 3.07. The van der Waals surface area contributed by atoms with E-state index in [2.05, 4.69) is 42.5 Å². The van der Waals surface area contributed by atoms with Gasteiger partial charge in [-0.2, -0.15) is 0 Å². The summed E-state index contributed by atoms with van der Waals surface area (Å²) in [6.45, 7) is 9.32. The van der Waals surface area contributed by atoms with E-state index in [1.807, 2.05) is 12.3 Å². The molecule has 1 aromatic rings. The highest BCUT2D eigenvalue weighted by Gasteiger charge is 2.17. The fourth-order valence-electron chi connectivity index (χ4n) is 1.70. The Hall–Kier alpha value is -1.29. The van der Waals surface area contributed by atoms with Gasteiger partial charge in [-0.25, -0.2) is 4.98 Å². The monoisotopic (exact) mass is 265 g/mol. The van der Waals surface area contributed by atoms with Crippen LogP contribution in [0.4, 0.5) is 11.5 Å². The lowest BCUT2D eigenvalue weighted by atomic mass is 9.89. The van der Waals surface area contributed by atoms with Crippen LogP contribution in [0.1, 0.15) is 33.6 Å². The van der Waals surface area contributed by atoms with E-state index in [1.165, 1.54) is 0 Å². The molecule has 0 radical (unpaired) electrons. The van der Waals surface area contributed by atoms with E-state index in [1.54, 1.807) is 7.11 Å². The zero-order valence-corrected chi connectivity index (χ0v) is 12.6. The molecule has 1 aromatic heterocycles. The number of pyridine rings is 1. The van der Waals surface area contributed by atoms with Crippen LogP contribution in [0.25, 0.3) is 0 Å². The van der Waals surface area contributed by atoms with Gasteiger partial charge in [-0.05, 0) is 24.3 Å². The molecule has 0 atom stereocenters. The maximum Gasteiger partial charge on any atom is 0.127 e. The fourth-order valence-corrected chi connectivity index (χ4v) is 1.70. The molecule has 108 valence electrons. The highest BCUT2D eigenvalue weighted by atomic mass is 16.5. The van der Waals surface area contributed by atoms with E-state index in [-0.39, 0.29) is 5.41 Å². The van der Waals surface area contributed by atoms with E-state index >= 15 is 0 Å². The minimum absolute atomic E-state index is 0.219. The normalized spacial score (nSPS) is 11.4. The van der Waals surface area contributed by atoms with Crippen LogP contribution in [-0.4, -0.2) is 31.8 Å². The lowest BCUT2D eigenvalue weighted by Gasteiger charge is -2.25. The summed E-state index contributed by atoms with van der Waals surface area (Å²) < 4.78 is 5.15. The Morgan fingerprint density at radius 1 is 1.32 bits per heavy atom. The molecule has 0 aliphatic rings. The number of hydrogen-bond donors (Lipinski definition) is 2. The minimum Gasteiger partial charge on any atom is -0.385 e. The second-order valence-corrected chi connectivity index (χ2v) is 5.62. The molecule has 4 nitrogen and oxygen atoms in total. The number of nitrogens with zero attached hydrogens (tertiary/aromatic N) is 1. The van der Waals surface area contributed by atoms with Crippen molar-refractivity contribution in [1.82, 2.24) is 4.98 Å². The molecule has 0 unspecified atom stereocenters. The number of anilines is 2. The first kappa shape index (κ1) is 15.8. The van der Waals surface area contributed by atoms with Gasteiger partial charge in [0.05, 0.1) is 0 Å². The van der Waals surface area contributed by atoms with E-state index < -0.39 is 0 Å². The van der Waals surface area contributed by atoms with Gasteiger partial charge in [-0.15, -0.1) is 0 Å². The summed E-state index contributed by atoms with van der Waals surface area (Å²) in [4.78, 5) is 4.30. The largest absolute Gasteiger partial charge is 0.385 e. The molecule has 1 rings (SSSR count). The van der Waals surface area contributed by atoms with Crippen molar-refractivity contribution in [2.75, 3.05) is 37.4 Å². The molecular formula is C15H27N3O. The Morgan fingerprint density at radius 2 is 2.11 bits per heavy atom. The fraction of sp³-hybridized carbons (Fsp3) is 0.667. The molecule has 0 fully saturated rings. The molecule has 1 heterocycles. The average Bonchev–Trinajstić information content (AvgIpc) is 2.41. The zero-order chi connectivity index (χ0) is 14.1. The molecular weight excluding hydrogens is 238 g/mol. The van der Waals surface area contributed by atoms with Crippen molar-refractivity contribution < 1.29 is 4.74 Å². The second-order valence-electron chi connectivity index (χ2n) is 5.62. The van der Waals surface area contributed by atoms with E-state index in [4.69, 9.17) is 4.74 Å². The van der Waals surface area contributed by atoms with Gasteiger partial charge in [-0.1, -0.05) is 20.8 Å². The Kier molecular flexibility index (Phi) is 6.64.